The molecule has 0 aliphatic carbocycles. The summed E-state index contributed by atoms with van der Waals surface area (Å²) in [5.74, 6) is 0.762. The van der Waals surface area contributed by atoms with Crippen molar-refractivity contribution in [2.45, 2.75) is 45.7 Å². The van der Waals surface area contributed by atoms with Gasteiger partial charge in [-0.2, -0.15) is 0 Å². The van der Waals surface area contributed by atoms with E-state index >= 15 is 0 Å². The van der Waals surface area contributed by atoms with Crippen molar-refractivity contribution in [3.63, 3.8) is 0 Å². The van der Waals surface area contributed by atoms with Crippen LogP contribution in [0.5, 0.6) is 0 Å². The second-order valence-corrected chi connectivity index (χ2v) is 4.44. The standard InChI is InChI=1S/C10H22N2/c1-8(2)7-12-6-4-5-10(11)9(12)3/h8-10H,4-7,11H2,1-3H3/t9-,10-/m1/s1. The molecular weight excluding hydrogens is 148 g/mol. The van der Waals surface area contributed by atoms with E-state index in [-0.39, 0.29) is 0 Å². The lowest BCUT2D eigenvalue weighted by Gasteiger charge is -2.38. The van der Waals surface area contributed by atoms with E-state index in [2.05, 4.69) is 25.7 Å². The molecule has 1 fully saturated rings. The summed E-state index contributed by atoms with van der Waals surface area (Å²) in [4.78, 5) is 2.53. The fourth-order valence-electron chi connectivity index (χ4n) is 1.97. The molecule has 0 bridgehead atoms. The lowest BCUT2D eigenvalue weighted by atomic mass is 9.97. The molecular formula is C10H22N2. The van der Waals surface area contributed by atoms with Crippen molar-refractivity contribution >= 4 is 0 Å². The Hall–Kier alpha value is -0.0800. The Morgan fingerprint density at radius 2 is 2.17 bits per heavy atom. The third-order valence-corrected chi connectivity index (χ3v) is 2.78. The molecule has 1 saturated heterocycles. The molecule has 0 spiro atoms. The van der Waals surface area contributed by atoms with E-state index in [1.807, 2.05) is 0 Å². The number of hydrogen-bond donors (Lipinski definition) is 1. The van der Waals surface area contributed by atoms with Crippen LogP contribution in [0.3, 0.4) is 0 Å². The van der Waals surface area contributed by atoms with Crippen LogP contribution in [0.4, 0.5) is 0 Å². The highest BCUT2D eigenvalue weighted by atomic mass is 15.2. The zero-order valence-electron chi connectivity index (χ0n) is 8.59. The lowest BCUT2D eigenvalue weighted by molar-refractivity contribution is 0.126. The summed E-state index contributed by atoms with van der Waals surface area (Å²) in [5, 5.41) is 0. The molecule has 0 aromatic rings. The van der Waals surface area contributed by atoms with Crippen LogP contribution in [0.25, 0.3) is 0 Å². The summed E-state index contributed by atoms with van der Waals surface area (Å²) >= 11 is 0. The lowest BCUT2D eigenvalue weighted by Crippen LogP contribution is -2.51. The van der Waals surface area contributed by atoms with Gasteiger partial charge in [-0.25, -0.2) is 0 Å². The Balaban J connectivity index is 2.41. The Kier molecular flexibility index (Phi) is 3.53. The molecule has 12 heavy (non-hydrogen) atoms. The summed E-state index contributed by atoms with van der Waals surface area (Å²) in [7, 11) is 0. The quantitative estimate of drug-likeness (QED) is 0.679. The largest absolute Gasteiger partial charge is 0.326 e. The molecule has 0 saturated carbocycles. The Morgan fingerprint density at radius 3 is 2.75 bits per heavy atom. The smallest absolute Gasteiger partial charge is 0.0219 e. The van der Waals surface area contributed by atoms with Crippen LogP contribution in [0.15, 0.2) is 0 Å². The van der Waals surface area contributed by atoms with E-state index in [0.29, 0.717) is 12.1 Å². The minimum atomic E-state index is 0.400. The van der Waals surface area contributed by atoms with Crippen LogP contribution in [0.1, 0.15) is 33.6 Å². The van der Waals surface area contributed by atoms with Crippen LogP contribution in [0.2, 0.25) is 0 Å². The van der Waals surface area contributed by atoms with Gasteiger partial charge in [-0.15, -0.1) is 0 Å². The first-order valence-electron chi connectivity index (χ1n) is 5.11. The van der Waals surface area contributed by atoms with E-state index in [9.17, 15) is 0 Å². The van der Waals surface area contributed by atoms with Crippen LogP contribution < -0.4 is 5.73 Å². The van der Waals surface area contributed by atoms with Crippen LogP contribution in [0, 0.1) is 5.92 Å². The molecule has 1 rings (SSSR count). The Morgan fingerprint density at radius 1 is 1.50 bits per heavy atom. The van der Waals surface area contributed by atoms with Gasteiger partial charge in [0.1, 0.15) is 0 Å². The number of rotatable bonds is 2. The molecule has 0 unspecified atom stereocenters. The first-order valence-corrected chi connectivity index (χ1v) is 5.11. The molecule has 0 amide bonds. The number of likely N-dealkylation sites (tertiary alicyclic amines) is 1. The van der Waals surface area contributed by atoms with Crippen molar-refractivity contribution in [1.82, 2.24) is 4.90 Å². The average Bonchev–Trinajstić information content (AvgIpc) is 1.98. The molecule has 1 heterocycles. The van der Waals surface area contributed by atoms with Crippen LogP contribution >= 0.6 is 0 Å². The first kappa shape index (κ1) is 10.0. The molecule has 1 aliphatic rings. The van der Waals surface area contributed by atoms with Gasteiger partial charge in [-0.05, 0) is 32.2 Å². The average molecular weight is 170 g/mol. The Bertz CT molecular complexity index is 134. The fourth-order valence-corrected chi connectivity index (χ4v) is 1.97. The van der Waals surface area contributed by atoms with Gasteiger partial charge in [-0.3, -0.25) is 4.90 Å². The third kappa shape index (κ3) is 2.46. The molecule has 1 aliphatic heterocycles. The summed E-state index contributed by atoms with van der Waals surface area (Å²) < 4.78 is 0. The zero-order valence-corrected chi connectivity index (χ0v) is 8.59. The SMILES string of the molecule is CC(C)CN1CCC[C@@H](N)[C@H]1C. The van der Waals surface area contributed by atoms with Crippen molar-refractivity contribution in [2.24, 2.45) is 11.7 Å². The molecule has 2 heteroatoms. The molecule has 0 aromatic heterocycles. The van der Waals surface area contributed by atoms with E-state index in [1.165, 1.54) is 25.9 Å². The monoisotopic (exact) mass is 170 g/mol. The number of hydrogen-bond acceptors (Lipinski definition) is 2. The van der Waals surface area contributed by atoms with Gasteiger partial charge in [0.2, 0.25) is 0 Å². The van der Waals surface area contributed by atoms with Gasteiger partial charge in [0.05, 0.1) is 0 Å². The maximum Gasteiger partial charge on any atom is 0.0219 e. The van der Waals surface area contributed by atoms with Gasteiger partial charge >= 0.3 is 0 Å². The predicted octanol–water partition coefficient (Wildman–Crippen LogP) is 1.45. The molecule has 2 N–H and O–H groups in total. The van der Waals surface area contributed by atoms with E-state index in [1.54, 1.807) is 0 Å². The van der Waals surface area contributed by atoms with Crippen molar-refractivity contribution in [3.05, 3.63) is 0 Å². The zero-order chi connectivity index (χ0) is 9.14. The van der Waals surface area contributed by atoms with Gasteiger partial charge < -0.3 is 5.73 Å². The summed E-state index contributed by atoms with van der Waals surface area (Å²) in [6, 6.07) is 0.985. The highest BCUT2D eigenvalue weighted by Gasteiger charge is 2.24. The first-order chi connectivity index (χ1) is 5.61. The number of nitrogens with two attached hydrogens (primary N) is 1. The minimum Gasteiger partial charge on any atom is -0.326 e. The summed E-state index contributed by atoms with van der Waals surface area (Å²) in [6.07, 6.45) is 2.48. The molecule has 2 atom stereocenters. The second-order valence-electron chi connectivity index (χ2n) is 4.44. The van der Waals surface area contributed by atoms with Crippen LogP contribution in [-0.4, -0.2) is 30.1 Å². The number of nitrogens with zero attached hydrogens (tertiary/aromatic N) is 1. The van der Waals surface area contributed by atoms with Gasteiger partial charge in [0, 0.05) is 18.6 Å². The molecule has 0 radical (unpaired) electrons. The van der Waals surface area contributed by atoms with Gasteiger partial charge in [0.25, 0.3) is 0 Å². The Labute approximate surface area is 76.1 Å². The van der Waals surface area contributed by atoms with E-state index in [0.717, 1.165) is 5.92 Å². The fraction of sp³-hybridized carbons (Fsp3) is 1.00. The van der Waals surface area contributed by atoms with Crippen LogP contribution in [-0.2, 0) is 0 Å². The topological polar surface area (TPSA) is 29.3 Å². The highest BCUT2D eigenvalue weighted by Crippen LogP contribution is 2.16. The predicted molar refractivity (Wildman–Crippen MR) is 53.1 cm³/mol. The van der Waals surface area contributed by atoms with E-state index in [4.69, 9.17) is 5.73 Å². The van der Waals surface area contributed by atoms with Crippen molar-refractivity contribution < 1.29 is 0 Å². The summed E-state index contributed by atoms with van der Waals surface area (Å²) in [5.41, 5.74) is 6.00. The van der Waals surface area contributed by atoms with Crippen molar-refractivity contribution in [3.8, 4) is 0 Å². The number of piperidine rings is 1. The normalized spacial score (nSPS) is 32.8. The highest BCUT2D eigenvalue weighted by molar-refractivity contribution is 4.83. The molecule has 0 aromatic carbocycles. The summed E-state index contributed by atoms with van der Waals surface area (Å²) in [6.45, 7) is 9.24. The third-order valence-electron chi connectivity index (χ3n) is 2.78. The maximum absolute atomic E-state index is 6.00. The van der Waals surface area contributed by atoms with Gasteiger partial charge in [0.15, 0.2) is 0 Å². The minimum absolute atomic E-state index is 0.400. The second kappa shape index (κ2) is 4.24. The van der Waals surface area contributed by atoms with E-state index < -0.39 is 0 Å². The van der Waals surface area contributed by atoms with Gasteiger partial charge in [-0.1, -0.05) is 13.8 Å². The molecule has 72 valence electrons. The molecule has 2 nitrogen and oxygen atoms in total. The van der Waals surface area contributed by atoms with Crippen molar-refractivity contribution in [2.75, 3.05) is 13.1 Å². The van der Waals surface area contributed by atoms with Crippen molar-refractivity contribution in [1.29, 1.82) is 0 Å². The maximum atomic E-state index is 6.00.